The molecule has 0 atom stereocenters. The molecule has 0 fully saturated rings. The van der Waals surface area contributed by atoms with Crippen LogP contribution in [-0.4, -0.2) is 20.9 Å². The predicted octanol–water partition coefficient (Wildman–Crippen LogP) is 2.82. The molecule has 0 aliphatic heterocycles. The minimum absolute atomic E-state index is 0.0447. The molecule has 25 heavy (non-hydrogen) atoms. The molecule has 3 aromatic rings. The largest absolute Gasteiger partial charge is 0.347 e. The Balaban J connectivity index is 1.69. The van der Waals surface area contributed by atoms with E-state index >= 15 is 0 Å². The number of carbonyl (C=O) groups is 1. The van der Waals surface area contributed by atoms with Gasteiger partial charge >= 0.3 is 0 Å². The highest BCUT2D eigenvalue weighted by Gasteiger charge is 2.10. The van der Waals surface area contributed by atoms with E-state index in [4.69, 9.17) is 0 Å². The van der Waals surface area contributed by atoms with Crippen LogP contribution in [-0.2, 0) is 6.54 Å². The van der Waals surface area contributed by atoms with Crippen molar-refractivity contribution in [1.29, 1.82) is 0 Å². The summed E-state index contributed by atoms with van der Waals surface area (Å²) in [4.78, 5) is 23.9. The van der Waals surface area contributed by atoms with Crippen molar-refractivity contribution in [2.24, 2.45) is 0 Å². The topological polar surface area (TPSA) is 79.8 Å². The average molecular weight is 341 g/mol. The van der Waals surface area contributed by atoms with E-state index in [0.717, 1.165) is 17.7 Å². The zero-order valence-corrected chi connectivity index (χ0v) is 12.9. The van der Waals surface area contributed by atoms with E-state index in [1.165, 1.54) is 18.5 Å². The van der Waals surface area contributed by atoms with E-state index in [-0.39, 0.29) is 17.2 Å². The lowest BCUT2D eigenvalue weighted by Gasteiger charge is -2.08. The summed E-state index contributed by atoms with van der Waals surface area (Å²) in [5.41, 5.74) is 1.06. The first-order valence-electron chi connectivity index (χ1n) is 7.33. The molecule has 2 heterocycles. The molecule has 0 bridgehead atoms. The third-order valence-corrected chi connectivity index (χ3v) is 3.30. The normalized spacial score (nSPS) is 10.3. The van der Waals surface area contributed by atoms with Crippen LogP contribution < -0.4 is 10.6 Å². The highest BCUT2D eigenvalue weighted by molar-refractivity contribution is 5.92. The van der Waals surface area contributed by atoms with Gasteiger partial charge in [-0.25, -0.2) is 18.7 Å². The minimum atomic E-state index is -0.762. The lowest BCUT2D eigenvalue weighted by Crippen LogP contribution is -2.24. The first-order chi connectivity index (χ1) is 12.1. The SMILES string of the molecule is O=C(NCc1ccncc1)c1cc(Nc2ccc(F)cc2F)ncn1. The van der Waals surface area contributed by atoms with Crippen molar-refractivity contribution in [3.8, 4) is 0 Å². The molecule has 1 amide bonds. The molecule has 126 valence electrons. The van der Waals surface area contributed by atoms with Gasteiger partial charge in [0.1, 0.15) is 29.5 Å². The molecule has 0 saturated heterocycles. The number of halogens is 2. The minimum Gasteiger partial charge on any atom is -0.347 e. The maximum atomic E-state index is 13.7. The number of benzene rings is 1. The van der Waals surface area contributed by atoms with Gasteiger partial charge in [-0.1, -0.05) is 0 Å². The second-order valence-electron chi connectivity index (χ2n) is 5.08. The first kappa shape index (κ1) is 16.4. The molecule has 2 N–H and O–H groups in total. The average Bonchev–Trinajstić information content (AvgIpc) is 2.63. The van der Waals surface area contributed by atoms with Gasteiger partial charge in [0.25, 0.3) is 5.91 Å². The molecule has 0 unspecified atom stereocenters. The molecule has 0 saturated carbocycles. The van der Waals surface area contributed by atoms with E-state index in [2.05, 4.69) is 25.6 Å². The van der Waals surface area contributed by atoms with Gasteiger partial charge < -0.3 is 10.6 Å². The molecule has 0 aliphatic rings. The summed E-state index contributed by atoms with van der Waals surface area (Å²) in [6.07, 6.45) is 4.45. The highest BCUT2D eigenvalue weighted by Crippen LogP contribution is 2.19. The van der Waals surface area contributed by atoms with Crippen molar-refractivity contribution < 1.29 is 13.6 Å². The maximum absolute atomic E-state index is 13.7. The molecule has 6 nitrogen and oxygen atoms in total. The second kappa shape index (κ2) is 7.43. The van der Waals surface area contributed by atoms with Crippen molar-refractivity contribution in [2.45, 2.75) is 6.54 Å². The number of nitrogens with one attached hydrogen (secondary N) is 2. The second-order valence-corrected chi connectivity index (χ2v) is 5.08. The lowest BCUT2D eigenvalue weighted by atomic mass is 10.2. The van der Waals surface area contributed by atoms with Crippen LogP contribution in [0.15, 0.2) is 55.1 Å². The third-order valence-electron chi connectivity index (χ3n) is 3.30. The van der Waals surface area contributed by atoms with Crippen molar-refractivity contribution in [3.05, 3.63) is 78.0 Å². The number of carbonyl (C=O) groups excluding carboxylic acids is 1. The van der Waals surface area contributed by atoms with Crippen LogP contribution in [0.25, 0.3) is 0 Å². The van der Waals surface area contributed by atoms with Crippen LogP contribution in [0.3, 0.4) is 0 Å². The standard InChI is InChI=1S/C17H13F2N5O/c18-12-1-2-14(13(19)7-12)24-16-8-15(22-10-23-16)17(25)21-9-11-3-5-20-6-4-11/h1-8,10H,9H2,(H,21,25)(H,22,23,24). The van der Waals surface area contributed by atoms with Crippen molar-refractivity contribution in [3.63, 3.8) is 0 Å². The Morgan fingerprint density at radius 3 is 2.60 bits per heavy atom. The number of nitrogens with zero attached hydrogens (tertiary/aromatic N) is 3. The third kappa shape index (κ3) is 4.31. The van der Waals surface area contributed by atoms with Crippen LogP contribution in [0.4, 0.5) is 20.3 Å². The zero-order chi connectivity index (χ0) is 17.6. The number of rotatable bonds is 5. The fourth-order valence-electron chi connectivity index (χ4n) is 2.05. The Hall–Kier alpha value is -3.42. The van der Waals surface area contributed by atoms with Gasteiger partial charge in [0, 0.05) is 31.1 Å². The molecule has 8 heteroatoms. The van der Waals surface area contributed by atoms with Gasteiger partial charge in [0.05, 0.1) is 5.69 Å². The van der Waals surface area contributed by atoms with E-state index in [9.17, 15) is 13.6 Å². The number of aromatic nitrogens is 3. The predicted molar refractivity (Wildman–Crippen MR) is 87.1 cm³/mol. The van der Waals surface area contributed by atoms with Crippen molar-refractivity contribution >= 4 is 17.4 Å². The number of anilines is 2. The number of amides is 1. The molecule has 2 aromatic heterocycles. The quantitative estimate of drug-likeness (QED) is 0.746. The van der Waals surface area contributed by atoms with Crippen molar-refractivity contribution in [1.82, 2.24) is 20.3 Å². The Bertz CT molecular complexity index is 889. The lowest BCUT2D eigenvalue weighted by molar-refractivity contribution is 0.0946. The molecular formula is C17H13F2N5O. The van der Waals surface area contributed by atoms with Crippen LogP contribution >= 0.6 is 0 Å². The van der Waals surface area contributed by atoms with Gasteiger partial charge in [0.15, 0.2) is 0 Å². The zero-order valence-electron chi connectivity index (χ0n) is 12.9. The van der Waals surface area contributed by atoms with Gasteiger partial charge in [-0.2, -0.15) is 0 Å². The summed E-state index contributed by atoms with van der Waals surface area (Å²) in [6, 6.07) is 8.07. The Kier molecular flexibility index (Phi) is 4.89. The number of pyridine rings is 1. The van der Waals surface area contributed by atoms with Gasteiger partial charge in [-0.15, -0.1) is 0 Å². The molecule has 1 aromatic carbocycles. The van der Waals surface area contributed by atoms with Crippen LogP contribution in [0.5, 0.6) is 0 Å². The Morgan fingerprint density at radius 1 is 1.04 bits per heavy atom. The first-order valence-corrected chi connectivity index (χ1v) is 7.33. The molecule has 3 rings (SSSR count). The monoisotopic (exact) mass is 341 g/mol. The molecule has 0 spiro atoms. The fraction of sp³-hybridized carbons (Fsp3) is 0.0588. The van der Waals surface area contributed by atoms with Gasteiger partial charge in [-0.05, 0) is 29.8 Å². The van der Waals surface area contributed by atoms with Crippen molar-refractivity contribution in [2.75, 3.05) is 5.32 Å². The summed E-state index contributed by atoms with van der Waals surface area (Å²) in [7, 11) is 0. The summed E-state index contributed by atoms with van der Waals surface area (Å²) < 4.78 is 26.6. The summed E-state index contributed by atoms with van der Waals surface area (Å²) >= 11 is 0. The summed E-state index contributed by atoms with van der Waals surface area (Å²) in [5.74, 6) is -1.62. The van der Waals surface area contributed by atoms with Gasteiger partial charge in [-0.3, -0.25) is 9.78 Å². The maximum Gasteiger partial charge on any atom is 0.270 e. The Morgan fingerprint density at radius 2 is 1.84 bits per heavy atom. The Labute approximate surface area is 142 Å². The number of hydrogen-bond donors (Lipinski definition) is 2. The van der Waals surface area contributed by atoms with E-state index < -0.39 is 17.5 Å². The highest BCUT2D eigenvalue weighted by atomic mass is 19.1. The van der Waals surface area contributed by atoms with Crippen LogP contribution in [0, 0.1) is 11.6 Å². The van der Waals surface area contributed by atoms with E-state index in [0.29, 0.717) is 6.54 Å². The molecular weight excluding hydrogens is 328 g/mol. The van der Waals surface area contributed by atoms with E-state index in [1.807, 2.05) is 0 Å². The van der Waals surface area contributed by atoms with E-state index in [1.54, 1.807) is 24.5 Å². The van der Waals surface area contributed by atoms with Crippen LogP contribution in [0.2, 0.25) is 0 Å². The summed E-state index contributed by atoms with van der Waals surface area (Å²) in [5, 5.41) is 5.40. The number of hydrogen-bond acceptors (Lipinski definition) is 5. The molecule has 0 radical (unpaired) electrons. The smallest absolute Gasteiger partial charge is 0.270 e. The fourth-order valence-corrected chi connectivity index (χ4v) is 2.05. The van der Waals surface area contributed by atoms with Gasteiger partial charge in [0.2, 0.25) is 0 Å². The summed E-state index contributed by atoms with van der Waals surface area (Å²) in [6.45, 7) is 0.320. The molecule has 0 aliphatic carbocycles. The van der Waals surface area contributed by atoms with Crippen LogP contribution in [0.1, 0.15) is 16.1 Å².